The van der Waals surface area contributed by atoms with E-state index >= 15 is 0 Å². The van der Waals surface area contributed by atoms with Crippen molar-refractivity contribution in [2.75, 3.05) is 7.05 Å². The predicted molar refractivity (Wildman–Crippen MR) is 74.2 cm³/mol. The lowest BCUT2D eigenvalue weighted by Crippen LogP contribution is -2.42. The third kappa shape index (κ3) is 1.77. The number of aromatic amines is 1. The van der Waals surface area contributed by atoms with Gasteiger partial charge < -0.3 is 14.8 Å². The minimum absolute atomic E-state index is 0.125. The monoisotopic (exact) mass is 273 g/mol. The van der Waals surface area contributed by atoms with Crippen molar-refractivity contribution in [1.82, 2.24) is 10.3 Å². The number of carbonyl (C=O) groups excluding carboxylic acids is 1. The van der Waals surface area contributed by atoms with Gasteiger partial charge in [-0.25, -0.2) is 4.99 Å². The van der Waals surface area contributed by atoms with Crippen molar-refractivity contribution in [1.29, 1.82) is 0 Å². The van der Waals surface area contributed by atoms with Crippen LogP contribution in [0.25, 0.3) is 10.9 Å². The van der Waals surface area contributed by atoms with E-state index in [1.165, 1.54) is 7.05 Å². The molecule has 3 N–H and O–H groups in total. The second-order valence-electron chi connectivity index (χ2n) is 4.91. The molecule has 0 spiro atoms. The van der Waals surface area contributed by atoms with E-state index in [1.807, 2.05) is 24.3 Å². The van der Waals surface area contributed by atoms with Crippen LogP contribution in [0.2, 0.25) is 0 Å². The largest absolute Gasteiger partial charge is 0.448 e. The minimum atomic E-state index is -1.46. The van der Waals surface area contributed by atoms with Gasteiger partial charge in [0.1, 0.15) is 5.60 Å². The molecule has 0 saturated carbocycles. The molecular weight excluding hydrogens is 258 g/mol. The first-order valence-electron chi connectivity index (χ1n) is 6.27. The fraction of sp³-hybridized carbons (Fsp3) is 0.286. The Balaban J connectivity index is 2.06. The van der Waals surface area contributed by atoms with Crippen molar-refractivity contribution in [3.8, 4) is 0 Å². The predicted octanol–water partition coefficient (Wildman–Crippen LogP) is 0.876. The van der Waals surface area contributed by atoms with Gasteiger partial charge >= 0.3 is 0 Å². The molecule has 1 aliphatic rings. The van der Waals surface area contributed by atoms with E-state index < -0.39 is 17.6 Å². The zero-order valence-corrected chi connectivity index (χ0v) is 11.2. The van der Waals surface area contributed by atoms with Crippen LogP contribution in [0, 0.1) is 0 Å². The van der Waals surface area contributed by atoms with Crippen molar-refractivity contribution >= 4 is 22.8 Å². The normalized spacial score (nSPS) is 23.6. The number of fused-ring (bicyclic) bond motifs is 1. The summed E-state index contributed by atoms with van der Waals surface area (Å²) in [6, 6.07) is 7.70. The summed E-state index contributed by atoms with van der Waals surface area (Å²) in [7, 11) is 1.51. The number of carbonyl (C=O) groups is 1. The minimum Gasteiger partial charge on any atom is -0.448 e. The van der Waals surface area contributed by atoms with Crippen molar-refractivity contribution < 1.29 is 14.6 Å². The van der Waals surface area contributed by atoms with E-state index in [-0.39, 0.29) is 6.02 Å². The Labute approximate surface area is 115 Å². The van der Waals surface area contributed by atoms with Crippen molar-refractivity contribution in [2.45, 2.75) is 18.6 Å². The second-order valence-corrected chi connectivity index (χ2v) is 4.91. The summed E-state index contributed by atoms with van der Waals surface area (Å²) in [6.07, 6.45) is 0.669. The Kier molecular flexibility index (Phi) is 2.76. The molecule has 0 radical (unpaired) electrons. The summed E-state index contributed by atoms with van der Waals surface area (Å²) in [5.74, 6) is -0.402. The first-order chi connectivity index (χ1) is 9.54. The Morgan fingerprint density at radius 2 is 2.15 bits per heavy atom. The molecule has 2 heterocycles. The molecule has 20 heavy (non-hydrogen) atoms. The van der Waals surface area contributed by atoms with Crippen molar-refractivity contribution in [3.05, 3.63) is 36.0 Å². The number of H-pyrrole nitrogens is 1. The second kappa shape index (κ2) is 4.35. The molecule has 1 aliphatic heterocycles. The number of aliphatic imine (C=N–C) groups is 1. The van der Waals surface area contributed by atoms with Gasteiger partial charge in [0.2, 0.25) is 6.10 Å². The number of amides is 1. The molecular formula is C14H15N3O3. The van der Waals surface area contributed by atoms with Gasteiger partial charge in [0, 0.05) is 29.7 Å². The Bertz CT molecular complexity index is 703. The average Bonchev–Trinajstić information content (AvgIpc) is 3.02. The quantitative estimate of drug-likeness (QED) is 0.759. The Morgan fingerprint density at radius 1 is 1.40 bits per heavy atom. The van der Waals surface area contributed by atoms with E-state index in [1.54, 1.807) is 13.1 Å². The van der Waals surface area contributed by atoms with Gasteiger partial charge in [0.05, 0.1) is 0 Å². The summed E-state index contributed by atoms with van der Waals surface area (Å²) < 4.78 is 5.39. The standard InChI is InChI=1S/C14H15N3O3/c1-14(19,11-12(18)17-13(15-2)20-11)9-7-16-10-6-4-3-5-8(9)10/h3-7,11,16,19H,1-2H3,(H,15,17,18)/t11-,14+/m1/s1. The maximum atomic E-state index is 11.9. The molecule has 1 saturated heterocycles. The van der Waals surface area contributed by atoms with Gasteiger partial charge in [0.25, 0.3) is 11.9 Å². The van der Waals surface area contributed by atoms with E-state index in [4.69, 9.17) is 4.74 Å². The lowest BCUT2D eigenvalue weighted by molar-refractivity contribution is -0.135. The number of aromatic nitrogens is 1. The molecule has 1 fully saturated rings. The zero-order valence-electron chi connectivity index (χ0n) is 11.2. The Morgan fingerprint density at radius 3 is 2.85 bits per heavy atom. The molecule has 2 aromatic rings. The third-order valence-corrected chi connectivity index (χ3v) is 3.55. The highest BCUT2D eigenvalue weighted by Crippen LogP contribution is 2.34. The topological polar surface area (TPSA) is 86.7 Å². The number of nitrogens with one attached hydrogen (secondary N) is 2. The first kappa shape index (κ1) is 12.7. The molecule has 6 nitrogen and oxygen atoms in total. The summed E-state index contributed by atoms with van der Waals surface area (Å²) >= 11 is 0. The van der Waals surface area contributed by atoms with Crippen LogP contribution in [0.3, 0.4) is 0 Å². The van der Waals surface area contributed by atoms with Gasteiger partial charge in [-0.05, 0) is 13.0 Å². The SMILES string of the molecule is CN=C1NC(=O)[C@H]([C@@](C)(O)c2c[nH]c3ccccc23)O1. The fourth-order valence-electron chi connectivity index (χ4n) is 2.48. The molecule has 104 valence electrons. The summed E-state index contributed by atoms with van der Waals surface area (Å²) in [4.78, 5) is 18.8. The van der Waals surface area contributed by atoms with Crippen molar-refractivity contribution in [3.63, 3.8) is 0 Å². The van der Waals surface area contributed by atoms with E-state index in [9.17, 15) is 9.90 Å². The molecule has 1 aromatic heterocycles. The van der Waals surface area contributed by atoms with E-state index in [2.05, 4.69) is 15.3 Å². The molecule has 0 aliphatic carbocycles. The number of benzene rings is 1. The lowest BCUT2D eigenvalue weighted by Gasteiger charge is -2.26. The lowest BCUT2D eigenvalue weighted by atomic mass is 9.89. The third-order valence-electron chi connectivity index (χ3n) is 3.55. The molecule has 1 amide bonds. The van der Waals surface area contributed by atoms with Crippen LogP contribution < -0.4 is 5.32 Å². The summed E-state index contributed by atoms with van der Waals surface area (Å²) in [5, 5.41) is 14.1. The maximum Gasteiger partial charge on any atom is 0.292 e. The maximum absolute atomic E-state index is 11.9. The Hall–Kier alpha value is -2.34. The van der Waals surface area contributed by atoms with Crippen LogP contribution in [0.5, 0.6) is 0 Å². The summed E-state index contributed by atoms with van der Waals surface area (Å²) in [6.45, 7) is 1.56. The van der Waals surface area contributed by atoms with Crippen LogP contribution in [0.1, 0.15) is 12.5 Å². The molecule has 2 atom stereocenters. The highest BCUT2D eigenvalue weighted by molar-refractivity contribution is 6.03. The van der Waals surface area contributed by atoms with Crippen LogP contribution in [0.15, 0.2) is 35.5 Å². The van der Waals surface area contributed by atoms with Crippen molar-refractivity contribution in [2.24, 2.45) is 4.99 Å². The highest BCUT2D eigenvalue weighted by Gasteiger charge is 2.47. The fourth-order valence-corrected chi connectivity index (χ4v) is 2.48. The molecule has 1 aromatic carbocycles. The van der Waals surface area contributed by atoms with E-state index in [0.29, 0.717) is 5.56 Å². The van der Waals surface area contributed by atoms with Crippen LogP contribution in [0.4, 0.5) is 0 Å². The smallest absolute Gasteiger partial charge is 0.292 e. The number of rotatable bonds is 2. The van der Waals surface area contributed by atoms with E-state index in [0.717, 1.165) is 10.9 Å². The molecule has 6 heteroatoms. The first-order valence-corrected chi connectivity index (χ1v) is 6.27. The number of hydrogen-bond donors (Lipinski definition) is 3. The molecule has 0 bridgehead atoms. The van der Waals surface area contributed by atoms with Gasteiger partial charge in [-0.15, -0.1) is 0 Å². The number of ether oxygens (including phenoxy) is 1. The number of amidine groups is 1. The number of aliphatic hydroxyl groups is 1. The van der Waals surface area contributed by atoms with Crippen LogP contribution >= 0.6 is 0 Å². The van der Waals surface area contributed by atoms with Gasteiger partial charge in [0.15, 0.2) is 0 Å². The molecule has 3 rings (SSSR count). The van der Waals surface area contributed by atoms with Crippen LogP contribution in [-0.4, -0.2) is 35.2 Å². The zero-order chi connectivity index (χ0) is 14.3. The number of nitrogens with zero attached hydrogens (tertiary/aromatic N) is 1. The van der Waals surface area contributed by atoms with Gasteiger partial charge in [-0.3, -0.25) is 10.1 Å². The van der Waals surface area contributed by atoms with Gasteiger partial charge in [-0.1, -0.05) is 18.2 Å². The average molecular weight is 273 g/mol. The molecule has 0 unspecified atom stereocenters. The number of hydrogen-bond acceptors (Lipinski definition) is 4. The highest BCUT2D eigenvalue weighted by atomic mass is 16.5. The number of para-hydroxylation sites is 1. The summed E-state index contributed by atoms with van der Waals surface area (Å²) in [5.41, 5.74) is 0.0482. The van der Waals surface area contributed by atoms with Crippen LogP contribution in [-0.2, 0) is 15.1 Å². The van der Waals surface area contributed by atoms with Gasteiger partial charge in [-0.2, -0.15) is 0 Å².